The summed E-state index contributed by atoms with van der Waals surface area (Å²) in [5, 5.41) is 2.70. The topological polar surface area (TPSA) is 62.6 Å². The van der Waals surface area contributed by atoms with Crippen LogP contribution in [-0.2, 0) is 16.9 Å². The van der Waals surface area contributed by atoms with Crippen molar-refractivity contribution in [1.82, 2.24) is 10.2 Å². The van der Waals surface area contributed by atoms with Crippen LogP contribution in [-0.4, -0.2) is 16.8 Å². The fraction of sp³-hybridized carbons (Fsp3) is 0.200. The second-order valence-electron chi connectivity index (χ2n) is 5.05. The Morgan fingerprint density at radius 3 is 2.76 bits per heavy atom. The molecular weight excluding hydrogens is 336 g/mol. The molecule has 0 radical (unpaired) electrons. The van der Waals surface area contributed by atoms with Crippen molar-refractivity contribution in [2.24, 2.45) is 0 Å². The first-order chi connectivity index (χ1) is 10.0. The third kappa shape index (κ3) is 2.35. The minimum Gasteiger partial charge on any atom is -0.466 e. The maximum Gasteiger partial charge on any atom is 0.325 e. The third-order valence-corrected chi connectivity index (χ3v) is 4.01. The first kappa shape index (κ1) is 13.9. The van der Waals surface area contributed by atoms with Gasteiger partial charge in [0.1, 0.15) is 5.76 Å². The van der Waals surface area contributed by atoms with E-state index < -0.39 is 11.6 Å². The van der Waals surface area contributed by atoms with E-state index in [0.717, 1.165) is 10.0 Å². The van der Waals surface area contributed by atoms with Gasteiger partial charge >= 0.3 is 6.03 Å². The smallest absolute Gasteiger partial charge is 0.325 e. The maximum atomic E-state index is 12.6. The van der Waals surface area contributed by atoms with Crippen LogP contribution in [0, 0.1) is 0 Å². The second-order valence-corrected chi connectivity index (χ2v) is 5.97. The Balaban J connectivity index is 1.88. The van der Waals surface area contributed by atoms with Gasteiger partial charge in [0.2, 0.25) is 0 Å². The van der Waals surface area contributed by atoms with Gasteiger partial charge in [0.15, 0.2) is 5.54 Å². The number of nitrogens with zero attached hydrogens (tertiary/aromatic N) is 1. The zero-order valence-corrected chi connectivity index (χ0v) is 12.9. The molecule has 1 aliphatic heterocycles. The number of hydrogen-bond acceptors (Lipinski definition) is 3. The molecule has 0 bridgehead atoms. The van der Waals surface area contributed by atoms with Crippen LogP contribution in [0.15, 0.2) is 51.6 Å². The van der Waals surface area contributed by atoms with Crippen LogP contribution < -0.4 is 5.32 Å². The van der Waals surface area contributed by atoms with E-state index in [-0.39, 0.29) is 12.5 Å². The number of carbonyl (C=O) groups is 2. The molecule has 2 aromatic rings. The Bertz CT molecular complexity index is 699. The number of halogens is 1. The van der Waals surface area contributed by atoms with Crippen LogP contribution in [0.2, 0.25) is 0 Å². The van der Waals surface area contributed by atoms with Gasteiger partial charge in [0, 0.05) is 4.47 Å². The van der Waals surface area contributed by atoms with Crippen molar-refractivity contribution in [2.75, 3.05) is 0 Å². The standard InChI is InChI=1S/C15H13BrN2O3/c1-15(12-6-3-7-21-12)13(19)18(14(20)17-15)9-10-4-2-5-11(16)8-10/h2-8H,9H2,1H3,(H,17,20). The van der Waals surface area contributed by atoms with E-state index in [0.29, 0.717) is 5.76 Å². The van der Waals surface area contributed by atoms with Gasteiger partial charge in [0.05, 0.1) is 12.8 Å². The lowest BCUT2D eigenvalue weighted by molar-refractivity contribution is -0.132. The van der Waals surface area contributed by atoms with E-state index in [1.165, 1.54) is 11.2 Å². The van der Waals surface area contributed by atoms with E-state index in [1.807, 2.05) is 24.3 Å². The Labute approximate surface area is 130 Å². The number of furan rings is 1. The molecule has 0 aliphatic carbocycles. The number of imide groups is 1. The first-order valence-corrected chi connectivity index (χ1v) is 7.22. The summed E-state index contributed by atoms with van der Waals surface area (Å²) >= 11 is 3.38. The molecule has 0 spiro atoms. The van der Waals surface area contributed by atoms with Crippen LogP contribution >= 0.6 is 15.9 Å². The number of carbonyl (C=O) groups excluding carboxylic acids is 2. The average Bonchev–Trinajstić information content (AvgIpc) is 3.04. The summed E-state index contributed by atoms with van der Waals surface area (Å²) in [6.07, 6.45) is 1.48. The van der Waals surface area contributed by atoms with Crippen molar-refractivity contribution in [3.05, 3.63) is 58.5 Å². The second kappa shape index (κ2) is 5.04. The number of amides is 3. The highest BCUT2D eigenvalue weighted by molar-refractivity contribution is 9.10. The average molecular weight is 349 g/mol. The molecule has 3 rings (SSSR count). The zero-order chi connectivity index (χ0) is 15.0. The molecule has 0 saturated carbocycles. The lowest BCUT2D eigenvalue weighted by Gasteiger charge is -2.19. The largest absolute Gasteiger partial charge is 0.466 e. The highest BCUT2D eigenvalue weighted by Gasteiger charge is 2.50. The van der Waals surface area contributed by atoms with Crippen LogP contribution in [0.25, 0.3) is 0 Å². The molecule has 6 heteroatoms. The van der Waals surface area contributed by atoms with E-state index in [1.54, 1.807) is 19.1 Å². The summed E-state index contributed by atoms with van der Waals surface area (Å²) in [5.41, 5.74) is -0.274. The molecule has 1 aliphatic rings. The van der Waals surface area contributed by atoms with Gasteiger partial charge in [-0.15, -0.1) is 0 Å². The minimum absolute atomic E-state index is 0.223. The van der Waals surface area contributed by atoms with E-state index in [4.69, 9.17) is 4.42 Å². The fourth-order valence-corrected chi connectivity index (χ4v) is 2.84. The predicted molar refractivity (Wildman–Crippen MR) is 79.3 cm³/mol. The third-order valence-electron chi connectivity index (χ3n) is 3.52. The van der Waals surface area contributed by atoms with Gasteiger partial charge in [-0.3, -0.25) is 9.69 Å². The number of nitrogens with one attached hydrogen (secondary N) is 1. The van der Waals surface area contributed by atoms with Gasteiger partial charge < -0.3 is 9.73 Å². The van der Waals surface area contributed by atoms with Crippen molar-refractivity contribution in [3.63, 3.8) is 0 Å². The normalized spacial score (nSPS) is 21.7. The van der Waals surface area contributed by atoms with Gasteiger partial charge in [0.25, 0.3) is 5.91 Å². The number of rotatable bonds is 3. The van der Waals surface area contributed by atoms with Crippen molar-refractivity contribution in [3.8, 4) is 0 Å². The van der Waals surface area contributed by atoms with Crippen molar-refractivity contribution in [2.45, 2.75) is 19.0 Å². The van der Waals surface area contributed by atoms with Crippen LogP contribution in [0.1, 0.15) is 18.2 Å². The van der Waals surface area contributed by atoms with Crippen molar-refractivity contribution >= 4 is 27.9 Å². The van der Waals surface area contributed by atoms with E-state index in [9.17, 15) is 9.59 Å². The summed E-state index contributed by atoms with van der Waals surface area (Å²) in [5.74, 6) is 0.111. The Morgan fingerprint density at radius 1 is 1.29 bits per heavy atom. The molecule has 1 unspecified atom stereocenters. The summed E-state index contributed by atoms with van der Waals surface area (Å²) < 4.78 is 6.19. The Morgan fingerprint density at radius 2 is 2.10 bits per heavy atom. The molecule has 3 amide bonds. The Kier molecular flexibility index (Phi) is 3.33. The molecular formula is C15H13BrN2O3. The van der Waals surface area contributed by atoms with Gasteiger partial charge in [-0.1, -0.05) is 28.1 Å². The number of urea groups is 1. The van der Waals surface area contributed by atoms with E-state index in [2.05, 4.69) is 21.2 Å². The summed E-state index contributed by atoms with van der Waals surface area (Å²) in [6.45, 7) is 1.87. The molecule has 1 aromatic heterocycles. The molecule has 108 valence electrons. The number of hydrogen-bond donors (Lipinski definition) is 1. The van der Waals surface area contributed by atoms with E-state index >= 15 is 0 Å². The minimum atomic E-state index is -1.15. The van der Waals surface area contributed by atoms with Crippen LogP contribution in [0.3, 0.4) is 0 Å². The summed E-state index contributed by atoms with van der Waals surface area (Å²) in [4.78, 5) is 25.9. The SMILES string of the molecule is CC1(c2ccco2)NC(=O)N(Cc2cccc(Br)c2)C1=O. The number of benzene rings is 1. The summed E-state index contributed by atoms with van der Waals surface area (Å²) in [6, 6.07) is 10.5. The molecule has 1 saturated heterocycles. The van der Waals surface area contributed by atoms with Gasteiger partial charge in [-0.2, -0.15) is 0 Å². The van der Waals surface area contributed by atoms with Crippen LogP contribution in [0.4, 0.5) is 4.79 Å². The molecule has 1 N–H and O–H groups in total. The predicted octanol–water partition coefficient (Wildman–Crippen LogP) is 3.01. The lowest BCUT2D eigenvalue weighted by atomic mass is 9.99. The highest BCUT2D eigenvalue weighted by atomic mass is 79.9. The van der Waals surface area contributed by atoms with Crippen molar-refractivity contribution in [1.29, 1.82) is 0 Å². The molecule has 1 fully saturated rings. The highest BCUT2D eigenvalue weighted by Crippen LogP contribution is 2.30. The lowest BCUT2D eigenvalue weighted by Crippen LogP contribution is -2.40. The molecule has 1 atom stereocenters. The first-order valence-electron chi connectivity index (χ1n) is 6.43. The molecule has 1 aromatic carbocycles. The monoisotopic (exact) mass is 348 g/mol. The van der Waals surface area contributed by atoms with Gasteiger partial charge in [-0.25, -0.2) is 4.79 Å². The fourth-order valence-electron chi connectivity index (χ4n) is 2.39. The Hall–Kier alpha value is -2.08. The molecule has 2 heterocycles. The molecule has 5 nitrogen and oxygen atoms in total. The summed E-state index contributed by atoms with van der Waals surface area (Å²) in [7, 11) is 0. The van der Waals surface area contributed by atoms with Gasteiger partial charge in [-0.05, 0) is 36.8 Å². The zero-order valence-electron chi connectivity index (χ0n) is 11.3. The quantitative estimate of drug-likeness (QED) is 0.867. The molecule has 21 heavy (non-hydrogen) atoms. The van der Waals surface area contributed by atoms with Crippen molar-refractivity contribution < 1.29 is 14.0 Å². The maximum absolute atomic E-state index is 12.6. The van der Waals surface area contributed by atoms with Crippen LogP contribution in [0.5, 0.6) is 0 Å².